The number of anilines is 1. The van der Waals surface area contributed by atoms with E-state index in [2.05, 4.69) is 5.32 Å². The van der Waals surface area contributed by atoms with E-state index >= 15 is 0 Å². The van der Waals surface area contributed by atoms with Crippen molar-refractivity contribution in [3.63, 3.8) is 0 Å². The molecular formula is C20H19NO3S2. The molecule has 1 heterocycles. The normalized spacial score (nSPS) is 11.3. The molecule has 134 valence electrons. The number of rotatable bonds is 6. The number of carbonyl (C=O) groups excluding carboxylic acids is 1. The van der Waals surface area contributed by atoms with Gasteiger partial charge in [0.2, 0.25) is 5.91 Å². The molecule has 6 heteroatoms. The van der Waals surface area contributed by atoms with Crippen molar-refractivity contribution in [1.29, 1.82) is 0 Å². The zero-order valence-corrected chi connectivity index (χ0v) is 15.9. The number of thiophene rings is 1. The lowest BCUT2D eigenvalue weighted by atomic mass is 10.1. The van der Waals surface area contributed by atoms with E-state index in [-0.39, 0.29) is 23.0 Å². The maximum absolute atomic E-state index is 12.2. The Bertz CT molecular complexity index is 991. The lowest BCUT2D eigenvalue weighted by Crippen LogP contribution is -2.13. The average molecular weight is 386 g/mol. The topological polar surface area (TPSA) is 63.2 Å². The highest BCUT2D eigenvalue weighted by atomic mass is 32.2. The summed E-state index contributed by atoms with van der Waals surface area (Å²) in [7, 11) is -3.21. The number of benzene rings is 2. The minimum atomic E-state index is -3.21. The second-order valence-electron chi connectivity index (χ2n) is 5.84. The van der Waals surface area contributed by atoms with Gasteiger partial charge in [-0.15, -0.1) is 11.3 Å². The number of hydrogen-bond donors (Lipinski definition) is 1. The van der Waals surface area contributed by atoms with Crippen molar-refractivity contribution < 1.29 is 13.2 Å². The first-order valence-corrected chi connectivity index (χ1v) is 10.8. The molecule has 1 amide bonds. The van der Waals surface area contributed by atoms with E-state index < -0.39 is 9.84 Å². The lowest BCUT2D eigenvalue weighted by Gasteiger charge is -2.05. The number of sulfone groups is 1. The number of amides is 1. The predicted molar refractivity (Wildman–Crippen MR) is 106 cm³/mol. The molecule has 0 saturated carbocycles. The SMILES string of the molecule is CCS(=O)(=O)c1ccc(CC(=O)Nc2cc(-c3ccccc3)cs2)cc1. The maximum atomic E-state index is 12.2. The standard InChI is InChI=1S/C20H19NO3S2/c1-2-26(23,24)18-10-8-15(9-11-18)12-19(22)21-20-13-17(14-25-20)16-6-4-3-5-7-16/h3-11,13-14H,2,12H2,1H3,(H,21,22). The molecule has 0 atom stereocenters. The zero-order valence-electron chi connectivity index (χ0n) is 14.3. The van der Waals surface area contributed by atoms with Crippen LogP contribution in [0.5, 0.6) is 0 Å². The van der Waals surface area contributed by atoms with Gasteiger partial charge < -0.3 is 5.32 Å². The van der Waals surface area contributed by atoms with Crippen LogP contribution in [0.2, 0.25) is 0 Å². The molecule has 4 nitrogen and oxygen atoms in total. The van der Waals surface area contributed by atoms with Crippen molar-refractivity contribution in [2.24, 2.45) is 0 Å². The highest BCUT2D eigenvalue weighted by Crippen LogP contribution is 2.29. The Morgan fingerprint density at radius 2 is 1.69 bits per heavy atom. The molecule has 0 spiro atoms. The van der Waals surface area contributed by atoms with Crippen LogP contribution in [0.4, 0.5) is 5.00 Å². The van der Waals surface area contributed by atoms with Crippen LogP contribution in [0.1, 0.15) is 12.5 Å². The second-order valence-corrected chi connectivity index (χ2v) is 9.03. The van der Waals surface area contributed by atoms with Crippen molar-refractivity contribution in [1.82, 2.24) is 0 Å². The van der Waals surface area contributed by atoms with Crippen LogP contribution in [0.15, 0.2) is 70.9 Å². The molecule has 0 unspecified atom stereocenters. The van der Waals surface area contributed by atoms with Gasteiger partial charge in [0.15, 0.2) is 9.84 Å². The molecule has 0 aliphatic heterocycles. The molecule has 0 saturated heterocycles. The van der Waals surface area contributed by atoms with Gasteiger partial charge in [0, 0.05) is 5.38 Å². The number of carbonyl (C=O) groups is 1. The van der Waals surface area contributed by atoms with Gasteiger partial charge in [-0.1, -0.05) is 49.4 Å². The minimum Gasteiger partial charge on any atom is -0.317 e. The summed E-state index contributed by atoms with van der Waals surface area (Å²) in [6.07, 6.45) is 0.199. The largest absolute Gasteiger partial charge is 0.317 e. The summed E-state index contributed by atoms with van der Waals surface area (Å²) >= 11 is 1.48. The molecule has 0 bridgehead atoms. The fraction of sp³-hybridized carbons (Fsp3) is 0.150. The van der Waals surface area contributed by atoms with Crippen molar-refractivity contribution in [2.45, 2.75) is 18.2 Å². The van der Waals surface area contributed by atoms with Crippen LogP contribution >= 0.6 is 11.3 Å². The van der Waals surface area contributed by atoms with Crippen molar-refractivity contribution in [2.75, 3.05) is 11.1 Å². The summed E-state index contributed by atoms with van der Waals surface area (Å²) in [5.74, 6) is -0.0628. The smallest absolute Gasteiger partial charge is 0.229 e. The summed E-state index contributed by atoms with van der Waals surface area (Å²) in [5, 5.41) is 5.70. The summed E-state index contributed by atoms with van der Waals surface area (Å²) in [4.78, 5) is 12.5. The third kappa shape index (κ3) is 4.39. The van der Waals surface area contributed by atoms with Gasteiger partial charge in [0.05, 0.1) is 22.1 Å². The third-order valence-electron chi connectivity index (χ3n) is 4.00. The van der Waals surface area contributed by atoms with E-state index in [1.54, 1.807) is 31.2 Å². The van der Waals surface area contributed by atoms with E-state index in [1.165, 1.54) is 11.3 Å². The monoisotopic (exact) mass is 385 g/mol. The van der Waals surface area contributed by atoms with Crippen molar-refractivity contribution in [3.05, 3.63) is 71.6 Å². The van der Waals surface area contributed by atoms with Gasteiger partial charge >= 0.3 is 0 Å². The van der Waals surface area contributed by atoms with Gasteiger partial charge in [-0.25, -0.2) is 8.42 Å². The van der Waals surface area contributed by atoms with E-state index in [4.69, 9.17) is 0 Å². The van der Waals surface area contributed by atoms with Crippen molar-refractivity contribution >= 4 is 32.1 Å². The van der Waals surface area contributed by atoms with Gasteiger partial charge in [0.1, 0.15) is 0 Å². The Labute approximate surface area is 157 Å². The summed E-state index contributed by atoms with van der Waals surface area (Å²) in [6.45, 7) is 1.61. The predicted octanol–water partition coefficient (Wildman–Crippen LogP) is 4.39. The van der Waals surface area contributed by atoms with Crippen LogP contribution < -0.4 is 5.32 Å². The molecule has 3 aromatic rings. The number of nitrogens with one attached hydrogen (secondary N) is 1. The summed E-state index contributed by atoms with van der Waals surface area (Å²) < 4.78 is 23.6. The first-order chi connectivity index (χ1) is 12.5. The van der Waals surface area contributed by atoms with Crippen LogP contribution in [-0.4, -0.2) is 20.1 Å². The maximum Gasteiger partial charge on any atom is 0.229 e. The van der Waals surface area contributed by atoms with Gasteiger partial charge in [0.25, 0.3) is 0 Å². The highest BCUT2D eigenvalue weighted by Gasteiger charge is 2.12. The fourth-order valence-corrected chi connectivity index (χ4v) is 4.24. The third-order valence-corrected chi connectivity index (χ3v) is 6.59. The molecule has 2 aromatic carbocycles. The second kappa shape index (κ2) is 7.85. The van der Waals surface area contributed by atoms with Crippen molar-refractivity contribution in [3.8, 4) is 11.1 Å². The van der Waals surface area contributed by atoms with Gasteiger partial charge in [-0.05, 0) is 34.9 Å². The Morgan fingerprint density at radius 3 is 2.35 bits per heavy atom. The Hall–Kier alpha value is -2.44. The fourth-order valence-electron chi connectivity index (χ4n) is 2.53. The van der Waals surface area contributed by atoms with E-state index in [9.17, 15) is 13.2 Å². The Morgan fingerprint density at radius 1 is 1.00 bits per heavy atom. The quantitative estimate of drug-likeness (QED) is 0.684. The van der Waals surface area contributed by atoms with E-state index in [0.29, 0.717) is 0 Å². The lowest BCUT2D eigenvalue weighted by molar-refractivity contribution is -0.115. The summed E-state index contributed by atoms with van der Waals surface area (Å²) in [6, 6.07) is 18.4. The first kappa shape index (κ1) is 18.4. The molecule has 0 aliphatic rings. The molecule has 26 heavy (non-hydrogen) atoms. The van der Waals surface area contributed by atoms with Gasteiger partial charge in [-0.2, -0.15) is 0 Å². The average Bonchev–Trinajstić information content (AvgIpc) is 3.11. The van der Waals surface area contributed by atoms with Crippen LogP contribution in [0, 0.1) is 0 Å². The molecule has 0 fully saturated rings. The van der Waals surface area contributed by atoms with Crippen LogP contribution in [0.25, 0.3) is 11.1 Å². The van der Waals surface area contributed by atoms with Gasteiger partial charge in [-0.3, -0.25) is 4.79 Å². The van der Waals surface area contributed by atoms with Crippen LogP contribution in [-0.2, 0) is 21.1 Å². The summed E-state index contributed by atoms with van der Waals surface area (Å²) in [5.41, 5.74) is 2.95. The molecule has 0 aliphatic carbocycles. The Balaban J connectivity index is 1.64. The first-order valence-electron chi connectivity index (χ1n) is 8.23. The molecular weight excluding hydrogens is 366 g/mol. The molecule has 0 radical (unpaired) electrons. The zero-order chi connectivity index (χ0) is 18.6. The molecule has 1 N–H and O–H groups in total. The Kier molecular flexibility index (Phi) is 5.54. The van der Waals surface area contributed by atoms with E-state index in [1.807, 2.05) is 41.8 Å². The molecule has 3 rings (SSSR count). The highest BCUT2D eigenvalue weighted by molar-refractivity contribution is 7.91. The minimum absolute atomic E-state index is 0.0644. The van der Waals surface area contributed by atoms with E-state index in [0.717, 1.165) is 21.7 Å². The number of hydrogen-bond acceptors (Lipinski definition) is 4. The molecule has 1 aromatic heterocycles. The van der Waals surface area contributed by atoms with Crippen LogP contribution in [0.3, 0.4) is 0 Å².